The molecule has 2 aromatic carbocycles. The summed E-state index contributed by atoms with van der Waals surface area (Å²) in [6.45, 7) is 0. The lowest BCUT2D eigenvalue weighted by atomic mass is 9.89. The van der Waals surface area contributed by atoms with Gasteiger partial charge in [0.15, 0.2) is 0 Å². The molecule has 0 spiro atoms. The summed E-state index contributed by atoms with van der Waals surface area (Å²) in [6.07, 6.45) is 6.26. The number of aromatic hydroxyl groups is 2. The molecule has 0 aliphatic heterocycles. The van der Waals surface area contributed by atoms with Gasteiger partial charge in [-0.3, -0.25) is 0 Å². The number of rotatable bonds is 2. The Morgan fingerprint density at radius 1 is 0.737 bits per heavy atom. The average Bonchev–Trinajstić information content (AvgIpc) is 2.90. The molecule has 2 heteroatoms. The van der Waals surface area contributed by atoms with Gasteiger partial charge in [-0.25, -0.2) is 0 Å². The van der Waals surface area contributed by atoms with Crippen LogP contribution in [-0.4, -0.2) is 10.2 Å². The van der Waals surface area contributed by atoms with Gasteiger partial charge in [-0.1, -0.05) is 42.5 Å². The van der Waals surface area contributed by atoms with Gasteiger partial charge in [0.1, 0.15) is 11.5 Å². The van der Waals surface area contributed by atoms with E-state index >= 15 is 0 Å². The van der Waals surface area contributed by atoms with Gasteiger partial charge >= 0.3 is 0 Å². The van der Waals surface area contributed by atoms with Crippen molar-refractivity contribution >= 4 is 5.57 Å². The van der Waals surface area contributed by atoms with Crippen LogP contribution in [0.4, 0.5) is 0 Å². The molecular weight excluding hydrogens is 236 g/mol. The molecule has 0 radical (unpaired) electrons. The third kappa shape index (κ3) is 2.25. The van der Waals surface area contributed by atoms with E-state index in [9.17, 15) is 10.2 Å². The van der Waals surface area contributed by atoms with E-state index in [1.165, 1.54) is 5.57 Å². The van der Waals surface area contributed by atoms with Crippen molar-refractivity contribution in [1.29, 1.82) is 0 Å². The first kappa shape index (κ1) is 11.6. The summed E-state index contributed by atoms with van der Waals surface area (Å²) in [5.41, 5.74) is 3.44. The van der Waals surface area contributed by atoms with Crippen LogP contribution in [-0.2, 0) is 0 Å². The Balaban J connectivity index is 1.94. The van der Waals surface area contributed by atoms with Gasteiger partial charge < -0.3 is 10.2 Å². The van der Waals surface area contributed by atoms with Crippen LogP contribution in [0.2, 0.25) is 0 Å². The number of phenolic OH excluding ortho intramolecular Hbond substituents is 2. The zero-order valence-electron chi connectivity index (χ0n) is 10.3. The maximum absolute atomic E-state index is 9.35. The molecule has 2 nitrogen and oxygen atoms in total. The molecule has 3 rings (SSSR count). The normalized spacial score (nSPS) is 17.5. The zero-order valence-corrected chi connectivity index (χ0v) is 10.3. The number of allylic oxidation sites excluding steroid dienone is 4. The second kappa shape index (κ2) is 4.65. The monoisotopic (exact) mass is 250 g/mol. The fourth-order valence-corrected chi connectivity index (χ4v) is 2.38. The highest BCUT2D eigenvalue weighted by atomic mass is 16.3. The molecule has 0 fully saturated rings. The highest BCUT2D eigenvalue weighted by Crippen LogP contribution is 2.37. The Morgan fingerprint density at radius 2 is 1.32 bits per heavy atom. The van der Waals surface area contributed by atoms with Crippen molar-refractivity contribution < 1.29 is 10.2 Å². The van der Waals surface area contributed by atoms with Crippen LogP contribution in [0.1, 0.15) is 17.0 Å². The summed E-state index contributed by atoms with van der Waals surface area (Å²) >= 11 is 0. The summed E-state index contributed by atoms with van der Waals surface area (Å²) in [4.78, 5) is 0. The minimum atomic E-state index is 0.199. The Kier molecular flexibility index (Phi) is 2.84. The van der Waals surface area contributed by atoms with E-state index in [-0.39, 0.29) is 17.4 Å². The van der Waals surface area contributed by atoms with Crippen molar-refractivity contribution in [2.75, 3.05) is 0 Å². The van der Waals surface area contributed by atoms with Crippen LogP contribution in [0, 0.1) is 0 Å². The molecule has 19 heavy (non-hydrogen) atoms. The smallest absolute Gasteiger partial charge is 0.115 e. The fraction of sp³-hybridized carbons (Fsp3) is 0.0588. The summed E-state index contributed by atoms with van der Waals surface area (Å²) in [5.74, 6) is 0.752. The van der Waals surface area contributed by atoms with Crippen molar-refractivity contribution in [3.05, 3.63) is 77.9 Å². The molecule has 0 bridgehead atoms. The van der Waals surface area contributed by atoms with E-state index < -0.39 is 0 Å². The van der Waals surface area contributed by atoms with Gasteiger partial charge in [0.2, 0.25) is 0 Å². The lowest BCUT2D eigenvalue weighted by Gasteiger charge is -2.15. The van der Waals surface area contributed by atoms with Gasteiger partial charge in [0.25, 0.3) is 0 Å². The van der Waals surface area contributed by atoms with Crippen molar-refractivity contribution in [1.82, 2.24) is 0 Å². The molecule has 94 valence electrons. The fourth-order valence-electron chi connectivity index (χ4n) is 2.38. The molecule has 1 aliphatic rings. The van der Waals surface area contributed by atoms with Gasteiger partial charge in [-0.05, 0) is 41.0 Å². The Bertz CT molecular complexity index is 634. The zero-order chi connectivity index (χ0) is 13.2. The standard InChI is InChI=1S/C17H14O2/c18-14-8-4-12(5-9-14)16-2-1-3-17(16)13-6-10-15(19)11-7-13/h1-11,16,18-19H. The Hall–Kier alpha value is -2.48. The first-order valence-corrected chi connectivity index (χ1v) is 6.21. The highest BCUT2D eigenvalue weighted by Gasteiger charge is 2.18. The van der Waals surface area contributed by atoms with Gasteiger partial charge in [0, 0.05) is 5.92 Å². The maximum Gasteiger partial charge on any atom is 0.115 e. The minimum absolute atomic E-state index is 0.199. The summed E-state index contributed by atoms with van der Waals surface area (Å²) in [7, 11) is 0. The topological polar surface area (TPSA) is 40.5 Å². The van der Waals surface area contributed by atoms with E-state index in [2.05, 4.69) is 12.2 Å². The minimum Gasteiger partial charge on any atom is -0.508 e. The average molecular weight is 250 g/mol. The van der Waals surface area contributed by atoms with Crippen molar-refractivity contribution in [2.24, 2.45) is 0 Å². The Morgan fingerprint density at radius 3 is 1.95 bits per heavy atom. The third-order valence-electron chi connectivity index (χ3n) is 3.37. The predicted molar refractivity (Wildman–Crippen MR) is 76.1 cm³/mol. The molecule has 0 saturated carbocycles. The van der Waals surface area contributed by atoms with Crippen LogP contribution < -0.4 is 0 Å². The Labute approximate surface area is 112 Å². The number of benzene rings is 2. The summed E-state index contributed by atoms with van der Waals surface area (Å²) in [5, 5.41) is 18.7. The van der Waals surface area contributed by atoms with Crippen molar-refractivity contribution in [3.8, 4) is 11.5 Å². The van der Waals surface area contributed by atoms with E-state index in [1.54, 1.807) is 24.3 Å². The SMILES string of the molecule is Oc1ccc(C2=CC=CC2c2ccc(O)cc2)cc1. The molecule has 0 saturated heterocycles. The number of phenols is 2. The molecule has 1 unspecified atom stereocenters. The molecule has 2 N–H and O–H groups in total. The maximum atomic E-state index is 9.35. The second-order valence-corrected chi connectivity index (χ2v) is 4.62. The van der Waals surface area contributed by atoms with Crippen LogP contribution in [0.25, 0.3) is 5.57 Å². The summed E-state index contributed by atoms with van der Waals surface area (Å²) in [6, 6.07) is 14.5. The van der Waals surface area contributed by atoms with Crippen LogP contribution >= 0.6 is 0 Å². The largest absolute Gasteiger partial charge is 0.508 e. The van der Waals surface area contributed by atoms with E-state index in [0.29, 0.717) is 0 Å². The lowest BCUT2D eigenvalue weighted by molar-refractivity contribution is 0.474. The molecular formula is C17H14O2. The number of hydrogen-bond donors (Lipinski definition) is 2. The van der Waals surface area contributed by atoms with Crippen LogP contribution in [0.3, 0.4) is 0 Å². The first-order chi connectivity index (χ1) is 9.24. The van der Waals surface area contributed by atoms with Gasteiger partial charge in [-0.15, -0.1) is 0 Å². The van der Waals surface area contributed by atoms with Crippen LogP contribution in [0.15, 0.2) is 66.8 Å². The van der Waals surface area contributed by atoms with Gasteiger partial charge in [-0.2, -0.15) is 0 Å². The van der Waals surface area contributed by atoms with Gasteiger partial charge in [0.05, 0.1) is 0 Å². The molecule has 2 aromatic rings. The van der Waals surface area contributed by atoms with E-state index in [4.69, 9.17) is 0 Å². The molecule has 0 aromatic heterocycles. The molecule has 0 heterocycles. The second-order valence-electron chi connectivity index (χ2n) is 4.62. The summed E-state index contributed by atoms with van der Waals surface area (Å²) < 4.78 is 0. The number of hydrogen-bond acceptors (Lipinski definition) is 2. The quantitative estimate of drug-likeness (QED) is 0.850. The highest BCUT2D eigenvalue weighted by molar-refractivity contribution is 5.77. The molecule has 0 amide bonds. The predicted octanol–water partition coefficient (Wildman–Crippen LogP) is 3.83. The lowest BCUT2D eigenvalue weighted by Crippen LogP contribution is -1.96. The van der Waals surface area contributed by atoms with E-state index in [0.717, 1.165) is 11.1 Å². The molecule has 1 aliphatic carbocycles. The van der Waals surface area contributed by atoms with Crippen LogP contribution in [0.5, 0.6) is 11.5 Å². The third-order valence-corrected chi connectivity index (χ3v) is 3.37. The molecule has 1 atom stereocenters. The van der Waals surface area contributed by atoms with E-state index in [1.807, 2.05) is 30.3 Å². The van der Waals surface area contributed by atoms with Crippen molar-refractivity contribution in [2.45, 2.75) is 5.92 Å². The van der Waals surface area contributed by atoms with Crippen molar-refractivity contribution in [3.63, 3.8) is 0 Å². The first-order valence-electron chi connectivity index (χ1n) is 6.21.